The maximum Gasteiger partial charge on any atom is 1.00 e. The first-order chi connectivity index (χ1) is 7.81. The molecule has 0 bridgehead atoms. The summed E-state index contributed by atoms with van der Waals surface area (Å²) >= 11 is 1.72. The average molecular weight is 267 g/mol. The maximum atomic E-state index is 12.0. The summed E-state index contributed by atoms with van der Waals surface area (Å²) in [7, 11) is 0. The van der Waals surface area contributed by atoms with E-state index in [-0.39, 0.29) is 30.5 Å². The first-order valence-electron chi connectivity index (χ1n) is 5.77. The Balaban J connectivity index is 0.00000289. The van der Waals surface area contributed by atoms with Gasteiger partial charge < -0.3 is 9.47 Å². The molecule has 6 heteroatoms. The molecule has 1 rings (SSSR count). The van der Waals surface area contributed by atoms with Gasteiger partial charge in [-0.2, -0.15) is 18.4 Å². The predicted octanol–water partition coefficient (Wildman–Crippen LogP) is -0.111. The second kappa shape index (κ2) is 7.09. The molecular formula is C12H22LiNO3S. The Kier molecular flexibility index (Phi) is 7.16. The molecule has 1 aliphatic heterocycles. The third-order valence-electron chi connectivity index (χ3n) is 2.73. The Morgan fingerprint density at radius 3 is 2.50 bits per heavy atom. The molecule has 0 atom stereocenters. The first kappa shape index (κ1) is 18.2. The van der Waals surface area contributed by atoms with Gasteiger partial charge in [0.1, 0.15) is 5.72 Å². The SMILES string of the molecule is CSCC[CH-]OC(=O)N1C(C)(C)COC1(C)C.[Li+]. The van der Waals surface area contributed by atoms with E-state index in [9.17, 15) is 4.79 Å². The molecular weight excluding hydrogens is 245 g/mol. The van der Waals surface area contributed by atoms with E-state index in [2.05, 4.69) is 0 Å². The van der Waals surface area contributed by atoms with Crippen LogP contribution in [0.3, 0.4) is 0 Å². The number of carbonyl (C=O) groups excluding carboxylic acids is 1. The number of nitrogens with zero attached hydrogens (tertiary/aromatic N) is 1. The number of rotatable bonds is 4. The van der Waals surface area contributed by atoms with E-state index in [4.69, 9.17) is 9.47 Å². The summed E-state index contributed by atoms with van der Waals surface area (Å²) < 4.78 is 10.8. The van der Waals surface area contributed by atoms with Gasteiger partial charge in [0.05, 0.1) is 12.1 Å². The maximum absolute atomic E-state index is 12.0. The number of hydrogen-bond donors (Lipinski definition) is 0. The molecule has 0 N–H and O–H groups in total. The quantitative estimate of drug-likeness (QED) is 0.405. The third-order valence-corrected chi connectivity index (χ3v) is 3.37. The van der Waals surface area contributed by atoms with Gasteiger partial charge in [-0.05, 0) is 39.7 Å². The number of carbonyl (C=O) groups is 1. The zero-order chi connectivity index (χ0) is 13.1. The summed E-state index contributed by atoms with van der Waals surface area (Å²) in [4.78, 5) is 13.7. The third kappa shape index (κ3) is 4.38. The fourth-order valence-corrected chi connectivity index (χ4v) is 2.36. The average Bonchev–Trinajstić information content (AvgIpc) is 2.43. The van der Waals surface area contributed by atoms with Crippen molar-refractivity contribution in [1.82, 2.24) is 4.90 Å². The van der Waals surface area contributed by atoms with E-state index >= 15 is 0 Å². The van der Waals surface area contributed by atoms with Gasteiger partial charge >= 0.3 is 25.0 Å². The van der Waals surface area contributed by atoms with Crippen molar-refractivity contribution in [3.8, 4) is 0 Å². The Hall–Kier alpha value is 0.177. The summed E-state index contributed by atoms with van der Waals surface area (Å²) in [5, 5.41) is 0. The van der Waals surface area contributed by atoms with E-state index in [0.717, 1.165) is 12.2 Å². The first-order valence-corrected chi connectivity index (χ1v) is 7.16. The van der Waals surface area contributed by atoms with Crippen molar-refractivity contribution in [2.45, 2.75) is 45.4 Å². The van der Waals surface area contributed by atoms with Gasteiger partial charge in [0.2, 0.25) is 0 Å². The van der Waals surface area contributed by atoms with Gasteiger partial charge in [0.15, 0.2) is 0 Å². The fraction of sp³-hybridized carbons (Fsp3) is 0.833. The molecule has 18 heavy (non-hydrogen) atoms. The van der Waals surface area contributed by atoms with Crippen LogP contribution in [0, 0.1) is 6.61 Å². The predicted molar refractivity (Wildman–Crippen MR) is 69.7 cm³/mol. The van der Waals surface area contributed by atoms with Gasteiger partial charge in [-0.1, -0.05) is 0 Å². The zero-order valence-corrected chi connectivity index (χ0v) is 13.1. The summed E-state index contributed by atoms with van der Waals surface area (Å²) in [6.07, 6.45) is 2.46. The molecule has 0 saturated carbocycles. The van der Waals surface area contributed by atoms with Gasteiger partial charge in [0, 0.05) is 0 Å². The Morgan fingerprint density at radius 2 is 2.06 bits per heavy atom. The topological polar surface area (TPSA) is 38.8 Å². The molecule has 1 aliphatic rings. The van der Waals surface area contributed by atoms with Crippen LogP contribution in [0.5, 0.6) is 0 Å². The Bertz CT molecular complexity index is 268. The van der Waals surface area contributed by atoms with Crippen LogP contribution in [-0.2, 0) is 9.47 Å². The van der Waals surface area contributed by atoms with Gasteiger partial charge in [0.25, 0.3) is 0 Å². The van der Waals surface area contributed by atoms with Crippen molar-refractivity contribution in [3.63, 3.8) is 0 Å². The second-order valence-electron chi connectivity index (χ2n) is 5.22. The standard InChI is InChI=1S/C12H22NO3S.Li/c1-11(2)9-16-12(3,4)13(11)10(14)15-7-6-8-17-5;/h7H,6,8-9H2,1-5H3;/q-1;+1. The summed E-state index contributed by atoms with van der Waals surface area (Å²) in [6, 6.07) is 0. The molecule has 0 aromatic heterocycles. The normalized spacial score (nSPS) is 20.4. The van der Waals surface area contributed by atoms with E-state index < -0.39 is 5.72 Å². The summed E-state index contributed by atoms with van der Waals surface area (Å²) in [5.41, 5.74) is -0.929. The molecule has 0 radical (unpaired) electrons. The summed E-state index contributed by atoms with van der Waals surface area (Å²) in [6.45, 7) is 9.81. The Labute approximate surface area is 126 Å². The van der Waals surface area contributed by atoms with Crippen molar-refractivity contribution >= 4 is 17.9 Å². The van der Waals surface area contributed by atoms with Crippen LogP contribution in [0.2, 0.25) is 0 Å². The van der Waals surface area contributed by atoms with Crippen LogP contribution < -0.4 is 18.9 Å². The molecule has 0 aliphatic carbocycles. The van der Waals surface area contributed by atoms with Gasteiger partial charge in [-0.15, -0.1) is 6.42 Å². The molecule has 0 aromatic rings. The molecule has 4 nitrogen and oxygen atoms in total. The van der Waals surface area contributed by atoms with E-state index in [1.54, 1.807) is 23.3 Å². The van der Waals surface area contributed by atoms with Crippen LogP contribution in [0.1, 0.15) is 34.1 Å². The zero-order valence-electron chi connectivity index (χ0n) is 12.3. The smallest absolute Gasteiger partial charge is 0.621 e. The van der Waals surface area contributed by atoms with Gasteiger partial charge in [-0.3, -0.25) is 4.90 Å². The van der Waals surface area contributed by atoms with Crippen LogP contribution in [0.4, 0.5) is 4.79 Å². The number of amides is 1. The molecule has 1 amide bonds. The van der Waals surface area contributed by atoms with Crippen LogP contribution in [-0.4, -0.2) is 40.9 Å². The van der Waals surface area contributed by atoms with E-state index in [1.807, 2.05) is 34.0 Å². The molecule has 0 spiro atoms. The fourth-order valence-electron chi connectivity index (χ4n) is 2.03. The van der Waals surface area contributed by atoms with Crippen LogP contribution >= 0.6 is 11.8 Å². The van der Waals surface area contributed by atoms with E-state index in [0.29, 0.717) is 6.61 Å². The van der Waals surface area contributed by atoms with Crippen molar-refractivity contribution < 1.29 is 33.1 Å². The molecule has 1 saturated heterocycles. The number of thioether (sulfide) groups is 1. The molecule has 1 heterocycles. The number of hydrogen-bond acceptors (Lipinski definition) is 4. The second-order valence-corrected chi connectivity index (χ2v) is 6.20. The van der Waals surface area contributed by atoms with Crippen molar-refractivity contribution in [2.24, 2.45) is 0 Å². The van der Waals surface area contributed by atoms with Gasteiger partial charge in [-0.25, -0.2) is 4.79 Å². The molecule has 1 fully saturated rings. The minimum absolute atomic E-state index is 0. The van der Waals surface area contributed by atoms with Crippen molar-refractivity contribution in [3.05, 3.63) is 6.61 Å². The molecule has 0 unspecified atom stereocenters. The van der Waals surface area contributed by atoms with Crippen LogP contribution in [0.25, 0.3) is 0 Å². The number of ether oxygens (including phenoxy) is 2. The Morgan fingerprint density at radius 1 is 1.44 bits per heavy atom. The largest absolute Gasteiger partial charge is 1.00 e. The van der Waals surface area contributed by atoms with Crippen LogP contribution in [0.15, 0.2) is 0 Å². The summed E-state index contributed by atoms with van der Waals surface area (Å²) in [5.74, 6) is 0.955. The minimum atomic E-state index is -0.603. The van der Waals surface area contributed by atoms with Crippen molar-refractivity contribution in [1.29, 1.82) is 0 Å². The molecule has 100 valence electrons. The van der Waals surface area contributed by atoms with Crippen molar-refractivity contribution in [2.75, 3.05) is 18.6 Å². The molecule has 0 aromatic carbocycles. The van der Waals surface area contributed by atoms with E-state index in [1.165, 1.54) is 0 Å². The monoisotopic (exact) mass is 267 g/mol. The minimum Gasteiger partial charge on any atom is -0.621 e.